The number of hydrogen-bond donors (Lipinski definition) is 2. The van der Waals surface area contributed by atoms with Gasteiger partial charge in [-0.3, -0.25) is 4.79 Å². The van der Waals surface area contributed by atoms with Crippen LogP contribution in [0.25, 0.3) is 0 Å². The van der Waals surface area contributed by atoms with E-state index in [9.17, 15) is 4.79 Å². The van der Waals surface area contributed by atoms with E-state index in [1.165, 1.54) is 24.0 Å². The van der Waals surface area contributed by atoms with Crippen molar-refractivity contribution in [3.63, 3.8) is 0 Å². The van der Waals surface area contributed by atoms with Crippen LogP contribution in [0.5, 0.6) is 0 Å². The molecule has 1 amide bonds. The number of carbonyl (C=O) groups excluding carboxylic acids is 1. The van der Waals surface area contributed by atoms with E-state index in [1.807, 2.05) is 13.0 Å². The van der Waals surface area contributed by atoms with Gasteiger partial charge in [0.2, 0.25) is 5.91 Å². The molecule has 0 aromatic heterocycles. The molecule has 3 rings (SSSR count). The molecule has 0 bridgehead atoms. The van der Waals surface area contributed by atoms with Crippen LogP contribution in [0.1, 0.15) is 24.5 Å². The van der Waals surface area contributed by atoms with E-state index >= 15 is 0 Å². The van der Waals surface area contributed by atoms with Crippen molar-refractivity contribution in [2.45, 2.75) is 26.2 Å². The van der Waals surface area contributed by atoms with Gasteiger partial charge in [-0.2, -0.15) is 0 Å². The highest BCUT2D eigenvalue weighted by Gasteiger charge is 2.28. The second-order valence-corrected chi connectivity index (χ2v) is 5.53. The summed E-state index contributed by atoms with van der Waals surface area (Å²) in [4.78, 5) is 12.1. The Kier molecular flexibility index (Phi) is 4.48. The molecule has 104 valence electrons. The minimum absolute atomic E-state index is 0. The second kappa shape index (κ2) is 5.93. The van der Waals surface area contributed by atoms with Crippen molar-refractivity contribution in [3.8, 4) is 0 Å². The molecular weight excluding hydrogens is 260 g/mol. The number of benzene rings is 1. The quantitative estimate of drug-likeness (QED) is 0.893. The van der Waals surface area contributed by atoms with E-state index in [4.69, 9.17) is 0 Å². The van der Waals surface area contributed by atoms with Crippen molar-refractivity contribution >= 4 is 24.0 Å². The zero-order chi connectivity index (χ0) is 12.5. The van der Waals surface area contributed by atoms with Crippen molar-refractivity contribution in [3.05, 3.63) is 29.3 Å². The van der Waals surface area contributed by atoms with Gasteiger partial charge in [0.15, 0.2) is 0 Å². The number of amides is 1. The first-order valence-electron chi connectivity index (χ1n) is 6.87. The maximum atomic E-state index is 12.1. The number of rotatable bonds is 3. The number of aryl methyl sites for hydroxylation is 2. The average molecular weight is 281 g/mol. The molecule has 3 nitrogen and oxygen atoms in total. The van der Waals surface area contributed by atoms with Crippen LogP contribution in [0.4, 0.5) is 5.69 Å². The first-order chi connectivity index (χ1) is 8.74. The van der Waals surface area contributed by atoms with Crippen molar-refractivity contribution in [1.82, 2.24) is 5.32 Å². The summed E-state index contributed by atoms with van der Waals surface area (Å²) in [5.74, 6) is 0.748. The summed E-state index contributed by atoms with van der Waals surface area (Å²) in [6.45, 7) is 3.96. The summed E-state index contributed by atoms with van der Waals surface area (Å²) >= 11 is 0. The van der Waals surface area contributed by atoms with Gasteiger partial charge in [-0.15, -0.1) is 12.4 Å². The zero-order valence-corrected chi connectivity index (χ0v) is 12.1. The van der Waals surface area contributed by atoms with Gasteiger partial charge in [-0.25, -0.2) is 0 Å². The highest BCUT2D eigenvalue weighted by atomic mass is 35.5. The summed E-state index contributed by atoms with van der Waals surface area (Å²) in [7, 11) is 0. The lowest BCUT2D eigenvalue weighted by molar-refractivity contribution is -0.121. The van der Waals surface area contributed by atoms with Gasteiger partial charge >= 0.3 is 0 Å². The molecule has 1 atom stereocenters. The topological polar surface area (TPSA) is 41.1 Å². The number of anilines is 1. The monoisotopic (exact) mass is 280 g/mol. The number of nitrogens with one attached hydrogen (secondary N) is 2. The standard InChI is InChI=1S/C15H20N2O.ClH/c1-10(13-8-16-9-13)15(18)17-14-6-5-11-3-2-4-12(11)7-14;/h5-7,10,13,16H,2-4,8-9H2,1H3,(H,17,18);1H. The van der Waals surface area contributed by atoms with Crippen LogP contribution >= 0.6 is 12.4 Å². The molecule has 1 saturated heterocycles. The Morgan fingerprint density at radius 3 is 2.74 bits per heavy atom. The smallest absolute Gasteiger partial charge is 0.227 e. The van der Waals surface area contributed by atoms with Gasteiger partial charge in [-0.1, -0.05) is 13.0 Å². The molecule has 1 fully saturated rings. The molecule has 19 heavy (non-hydrogen) atoms. The van der Waals surface area contributed by atoms with Gasteiger partial charge in [0.25, 0.3) is 0 Å². The SMILES string of the molecule is CC(C(=O)Nc1ccc2c(c1)CCC2)C1CNC1.Cl. The Hall–Kier alpha value is -1.06. The predicted octanol–water partition coefficient (Wildman–Crippen LogP) is 2.39. The van der Waals surface area contributed by atoms with Gasteiger partial charge in [0.05, 0.1) is 0 Å². The zero-order valence-electron chi connectivity index (χ0n) is 11.2. The molecule has 1 unspecified atom stereocenters. The maximum Gasteiger partial charge on any atom is 0.227 e. The molecule has 1 aromatic rings. The molecule has 1 aromatic carbocycles. The van der Waals surface area contributed by atoms with Gasteiger partial charge in [0, 0.05) is 11.6 Å². The van der Waals surface area contributed by atoms with Crippen molar-refractivity contribution in [2.24, 2.45) is 11.8 Å². The lowest BCUT2D eigenvalue weighted by atomic mass is 9.88. The Labute approximate surface area is 120 Å². The fourth-order valence-corrected chi connectivity index (χ4v) is 2.78. The Morgan fingerprint density at radius 2 is 2.05 bits per heavy atom. The minimum Gasteiger partial charge on any atom is -0.326 e. The summed E-state index contributed by atoms with van der Waals surface area (Å²) in [5.41, 5.74) is 3.81. The van der Waals surface area contributed by atoms with Crippen LogP contribution in [0.2, 0.25) is 0 Å². The van der Waals surface area contributed by atoms with Crippen LogP contribution in [-0.4, -0.2) is 19.0 Å². The van der Waals surface area contributed by atoms with Gasteiger partial charge < -0.3 is 10.6 Å². The van der Waals surface area contributed by atoms with E-state index in [0.29, 0.717) is 5.92 Å². The van der Waals surface area contributed by atoms with Crippen molar-refractivity contribution < 1.29 is 4.79 Å². The molecule has 1 heterocycles. The minimum atomic E-state index is 0. The maximum absolute atomic E-state index is 12.1. The summed E-state index contributed by atoms with van der Waals surface area (Å²) < 4.78 is 0. The van der Waals surface area contributed by atoms with Crippen LogP contribution in [0.3, 0.4) is 0 Å². The lowest BCUT2D eigenvalue weighted by Crippen LogP contribution is -2.48. The number of hydrogen-bond acceptors (Lipinski definition) is 2. The summed E-state index contributed by atoms with van der Waals surface area (Å²) in [6, 6.07) is 6.34. The fraction of sp³-hybridized carbons (Fsp3) is 0.533. The number of halogens is 1. The third kappa shape index (κ3) is 2.93. The fourth-order valence-electron chi connectivity index (χ4n) is 2.78. The average Bonchev–Trinajstić information content (AvgIpc) is 2.73. The molecule has 0 radical (unpaired) electrons. The van der Waals surface area contributed by atoms with Gasteiger partial charge in [0.1, 0.15) is 0 Å². The van der Waals surface area contributed by atoms with E-state index in [0.717, 1.165) is 25.2 Å². The van der Waals surface area contributed by atoms with Crippen molar-refractivity contribution in [1.29, 1.82) is 0 Å². The molecular formula is C15H21ClN2O. The molecule has 0 spiro atoms. The van der Waals surface area contributed by atoms with E-state index in [-0.39, 0.29) is 24.2 Å². The summed E-state index contributed by atoms with van der Waals surface area (Å²) in [6.07, 6.45) is 3.59. The Balaban J connectivity index is 0.00000133. The van der Waals surface area contributed by atoms with Crippen LogP contribution in [0, 0.1) is 11.8 Å². The van der Waals surface area contributed by atoms with E-state index < -0.39 is 0 Å². The molecule has 1 aliphatic carbocycles. The Morgan fingerprint density at radius 1 is 1.32 bits per heavy atom. The number of carbonyl (C=O) groups is 1. The largest absolute Gasteiger partial charge is 0.326 e. The second-order valence-electron chi connectivity index (χ2n) is 5.53. The highest BCUT2D eigenvalue weighted by molar-refractivity contribution is 5.92. The lowest BCUT2D eigenvalue weighted by Gasteiger charge is -2.31. The molecule has 0 saturated carbocycles. The molecule has 1 aliphatic heterocycles. The normalized spacial score (nSPS) is 19.0. The first-order valence-corrected chi connectivity index (χ1v) is 6.87. The third-order valence-electron chi connectivity index (χ3n) is 4.30. The van der Waals surface area contributed by atoms with E-state index in [2.05, 4.69) is 22.8 Å². The van der Waals surface area contributed by atoms with Crippen LogP contribution in [0.15, 0.2) is 18.2 Å². The Bertz CT molecular complexity index is 471. The summed E-state index contributed by atoms with van der Waals surface area (Å²) in [5, 5.41) is 6.27. The third-order valence-corrected chi connectivity index (χ3v) is 4.30. The predicted molar refractivity (Wildman–Crippen MR) is 79.9 cm³/mol. The van der Waals surface area contributed by atoms with Gasteiger partial charge in [-0.05, 0) is 61.5 Å². The molecule has 2 aliphatic rings. The van der Waals surface area contributed by atoms with Crippen molar-refractivity contribution in [2.75, 3.05) is 18.4 Å². The van der Waals surface area contributed by atoms with Crippen LogP contribution in [-0.2, 0) is 17.6 Å². The molecule has 2 N–H and O–H groups in total. The van der Waals surface area contributed by atoms with E-state index in [1.54, 1.807) is 0 Å². The first kappa shape index (κ1) is 14.4. The highest BCUT2D eigenvalue weighted by Crippen LogP contribution is 2.25. The number of fused-ring (bicyclic) bond motifs is 1. The van der Waals surface area contributed by atoms with Crippen LogP contribution < -0.4 is 10.6 Å². The molecule has 4 heteroatoms.